The molecule has 94 valence electrons. The summed E-state index contributed by atoms with van der Waals surface area (Å²) in [5.74, 6) is 0.240. The van der Waals surface area contributed by atoms with Gasteiger partial charge in [-0.15, -0.1) is 0 Å². The number of nitrogens with two attached hydrogens (primary N) is 1. The number of hydrogen-bond acceptors (Lipinski definition) is 4. The van der Waals surface area contributed by atoms with Gasteiger partial charge >= 0.3 is 0 Å². The Morgan fingerprint density at radius 2 is 2.06 bits per heavy atom. The summed E-state index contributed by atoms with van der Waals surface area (Å²) in [6, 6.07) is 0. The lowest BCUT2D eigenvalue weighted by molar-refractivity contribution is -0.120. The SMILES string of the molecule is CNC(=O)CCNCCC(C)(C)C(N)=NO. The summed E-state index contributed by atoms with van der Waals surface area (Å²) in [4.78, 5) is 10.9. The Labute approximate surface area is 96.3 Å². The Bertz CT molecular complexity index is 251. The molecule has 0 atom stereocenters. The highest BCUT2D eigenvalue weighted by molar-refractivity contribution is 5.85. The maximum absolute atomic E-state index is 10.9. The molecule has 0 spiro atoms. The molecule has 0 unspecified atom stereocenters. The average Bonchev–Trinajstić information content (AvgIpc) is 2.26. The fourth-order valence-electron chi connectivity index (χ4n) is 1.12. The summed E-state index contributed by atoms with van der Waals surface area (Å²) in [5, 5.41) is 17.3. The molecule has 0 aromatic carbocycles. The first kappa shape index (κ1) is 14.7. The van der Waals surface area contributed by atoms with Crippen LogP contribution in [0, 0.1) is 5.41 Å². The minimum Gasteiger partial charge on any atom is -0.409 e. The van der Waals surface area contributed by atoms with Gasteiger partial charge in [0.05, 0.1) is 0 Å². The quantitative estimate of drug-likeness (QED) is 0.161. The van der Waals surface area contributed by atoms with Gasteiger partial charge in [-0.3, -0.25) is 4.79 Å². The summed E-state index contributed by atoms with van der Waals surface area (Å²) >= 11 is 0. The molecule has 0 heterocycles. The van der Waals surface area contributed by atoms with E-state index in [4.69, 9.17) is 10.9 Å². The molecule has 0 rings (SSSR count). The molecule has 0 fully saturated rings. The predicted molar refractivity (Wildman–Crippen MR) is 63.4 cm³/mol. The van der Waals surface area contributed by atoms with Crippen molar-refractivity contribution in [3.63, 3.8) is 0 Å². The third kappa shape index (κ3) is 5.55. The summed E-state index contributed by atoms with van der Waals surface area (Å²) in [7, 11) is 1.61. The van der Waals surface area contributed by atoms with Crippen LogP contribution in [0.4, 0.5) is 0 Å². The van der Waals surface area contributed by atoms with Gasteiger partial charge in [-0.1, -0.05) is 19.0 Å². The minimum atomic E-state index is -0.339. The van der Waals surface area contributed by atoms with Crippen LogP contribution in [0.5, 0.6) is 0 Å². The zero-order valence-electron chi connectivity index (χ0n) is 10.2. The standard InChI is InChI=1S/C10H22N4O2/c1-10(2,9(11)14-16)5-7-13-6-4-8(15)12-3/h13,16H,4-7H2,1-3H3,(H2,11,14)(H,12,15). The molecule has 0 saturated heterocycles. The average molecular weight is 230 g/mol. The van der Waals surface area contributed by atoms with Crippen LogP contribution in [-0.2, 0) is 4.79 Å². The van der Waals surface area contributed by atoms with Crippen molar-refractivity contribution in [3.05, 3.63) is 0 Å². The van der Waals surface area contributed by atoms with Crippen molar-refractivity contribution in [2.24, 2.45) is 16.3 Å². The molecule has 6 nitrogen and oxygen atoms in total. The molecule has 0 aliphatic carbocycles. The van der Waals surface area contributed by atoms with Crippen molar-refractivity contribution in [2.75, 3.05) is 20.1 Å². The number of amidine groups is 1. The van der Waals surface area contributed by atoms with Crippen LogP contribution in [0.2, 0.25) is 0 Å². The van der Waals surface area contributed by atoms with Gasteiger partial charge in [0, 0.05) is 25.4 Å². The first-order valence-corrected chi connectivity index (χ1v) is 5.33. The monoisotopic (exact) mass is 230 g/mol. The second kappa shape index (κ2) is 7.05. The van der Waals surface area contributed by atoms with Gasteiger partial charge in [0.2, 0.25) is 5.91 Å². The summed E-state index contributed by atoms with van der Waals surface area (Å²) in [6.07, 6.45) is 1.21. The molecular formula is C10H22N4O2. The second-order valence-electron chi connectivity index (χ2n) is 4.29. The number of carbonyl (C=O) groups is 1. The number of nitrogens with zero attached hydrogens (tertiary/aromatic N) is 1. The Hall–Kier alpha value is -1.30. The van der Waals surface area contributed by atoms with Crippen LogP contribution in [0.1, 0.15) is 26.7 Å². The highest BCUT2D eigenvalue weighted by atomic mass is 16.4. The third-order valence-corrected chi connectivity index (χ3v) is 2.54. The molecule has 0 radical (unpaired) electrons. The number of oxime groups is 1. The first-order valence-electron chi connectivity index (χ1n) is 5.33. The molecule has 5 N–H and O–H groups in total. The van der Waals surface area contributed by atoms with Crippen LogP contribution in [0.3, 0.4) is 0 Å². The largest absolute Gasteiger partial charge is 0.409 e. The van der Waals surface area contributed by atoms with Crippen molar-refractivity contribution in [2.45, 2.75) is 26.7 Å². The molecule has 1 amide bonds. The zero-order chi connectivity index (χ0) is 12.6. The van der Waals surface area contributed by atoms with Crippen molar-refractivity contribution in [1.82, 2.24) is 10.6 Å². The number of amides is 1. The Kier molecular flexibility index (Phi) is 6.48. The van der Waals surface area contributed by atoms with Crippen LogP contribution >= 0.6 is 0 Å². The Morgan fingerprint density at radius 3 is 2.56 bits per heavy atom. The van der Waals surface area contributed by atoms with Gasteiger partial charge in [-0.05, 0) is 13.0 Å². The number of rotatable bonds is 7. The Morgan fingerprint density at radius 1 is 1.44 bits per heavy atom. The maximum atomic E-state index is 10.9. The van der Waals surface area contributed by atoms with Crippen molar-refractivity contribution >= 4 is 11.7 Å². The van der Waals surface area contributed by atoms with E-state index in [0.717, 1.165) is 13.0 Å². The molecule has 0 bridgehead atoms. The normalized spacial score (nSPS) is 12.6. The Balaban J connectivity index is 3.70. The molecule has 6 heteroatoms. The highest BCUT2D eigenvalue weighted by Crippen LogP contribution is 2.19. The lowest BCUT2D eigenvalue weighted by Crippen LogP contribution is -2.35. The lowest BCUT2D eigenvalue weighted by Gasteiger charge is -2.22. The molecule has 0 saturated carbocycles. The van der Waals surface area contributed by atoms with E-state index in [2.05, 4.69) is 15.8 Å². The zero-order valence-corrected chi connectivity index (χ0v) is 10.2. The van der Waals surface area contributed by atoms with Gasteiger partial charge in [0.15, 0.2) is 0 Å². The number of hydrogen-bond donors (Lipinski definition) is 4. The number of nitrogens with one attached hydrogen (secondary N) is 2. The van der Waals surface area contributed by atoms with Gasteiger partial charge < -0.3 is 21.6 Å². The van der Waals surface area contributed by atoms with Crippen molar-refractivity contribution < 1.29 is 10.0 Å². The van der Waals surface area contributed by atoms with E-state index in [-0.39, 0.29) is 17.2 Å². The fourth-order valence-corrected chi connectivity index (χ4v) is 1.12. The van der Waals surface area contributed by atoms with Crippen LogP contribution in [-0.4, -0.2) is 37.1 Å². The summed E-state index contributed by atoms with van der Waals surface area (Å²) < 4.78 is 0. The molecule has 16 heavy (non-hydrogen) atoms. The van der Waals surface area contributed by atoms with Crippen molar-refractivity contribution in [3.8, 4) is 0 Å². The van der Waals surface area contributed by atoms with Crippen LogP contribution in [0.15, 0.2) is 5.16 Å². The van der Waals surface area contributed by atoms with E-state index < -0.39 is 0 Å². The van der Waals surface area contributed by atoms with E-state index in [1.165, 1.54) is 0 Å². The first-order chi connectivity index (χ1) is 7.44. The summed E-state index contributed by atoms with van der Waals surface area (Å²) in [6.45, 7) is 5.16. The smallest absolute Gasteiger partial charge is 0.221 e. The van der Waals surface area contributed by atoms with E-state index in [9.17, 15) is 4.79 Å². The molecule has 0 aliphatic rings. The lowest BCUT2D eigenvalue weighted by atomic mass is 9.88. The minimum absolute atomic E-state index is 0.0168. The number of carbonyl (C=O) groups excluding carboxylic acids is 1. The van der Waals surface area contributed by atoms with Crippen LogP contribution < -0.4 is 16.4 Å². The fraction of sp³-hybridized carbons (Fsp3) is 0.800. The van der Waals surface area contributed by atoms with Crippen molar-refractivity contribution in [1.29, 1.82) is 0 Å². The molecule has 0 aliphatic heterocycles. The van der Waals surface area contributed by atoms with Gasteiger partial charge in [-0.2, -0.15) is 0 Å². The highest BCUT2D eigenvalue weighted by Gasteiger charge is 2.22. The van der Waals surface area contributed by atoms with Gasteiger partial charge in [0.25, 0.3) is 0 Å². The van der Waals surface area contributed by atoms with E-state index >= 15 is 0 Å². The van der Waals surface area contributed by atoms with E-state index in [1.807, 2.05) is 13.8 Å². The summed E-state index contributed by atoms with van der Waals surface area (Å²) in [5.41, 5.74) is 5.20. The second-order valence-corrected chi connectivity index (χ2v) is 4.29. The molecular weight excluding hydrogens is 208 g/mol. The maximum Gasteiger partial charge on any atom is 0.221 e. The van der Waals surface area contributed by atoms with Crippen LogP contribution in [0.25, 0.3) is 0 Å². The van der Waals surface area contributed by atoms with E-state index in [1.54, 1.807) is 7.05 Å². The third-order valence-electron chi connectivity index (χ3n) is 2.54. The van der Waals surface area contributed by atoms with Gasteiger partial charge in [0.1, 0.15) is 5.84 Å². The topological polar surface area (TPSA) is 99.7 Å². The van der Waals surface area contributed by atoms with Gasteiger partial charge in [-0.25, -0.2) is 0 Å². The molecule has 0 aromatic rings. The molecule has 0 aromatic heterocycles. The predicted octanol–water partition coefficient (Wildman–Crippen LogP) is -0.125. The van der Waals surface area contributed by atoms with E-state index in [0.29, 0.717) is 13.0 Å².